The van der Waals surface area contributed by atoms with Crippen molar-refractivity contribution in [2.45, 2.75) is 25.9 Å². The highest BCUT2D eigenvalue weighted by Crippen LogP contribution is 2.24. The van der Waals surface area contributed by atoms with Gasteiger partial charge in [0.15, 0.2) is 0 Å². The summed E-state index contributed by atoms with van der Waals surface area (Å²) in [7, 11) is 0. The number of fused-ring (bicyclic) bond motifs is 1. The molecule has 0 aromatic carbocycles. The molecule has 106 valence electrons. The fourth-order valence-corrected chi connectivity index (χ4v) is 3.91. The van der Waals surface area contributed by atoms with Crippen molar-refractivity contribution in [3.8, 4) is 0 Å². The first-order valence-corrected chi connectivity index (χ1v) is 8.46. The SMILES string of the molecule is CC(NCC(=O)N1CCc2sccc2C1)c1nccs1. The van der Waals surface area contributed by atoms with Gasteiger partial charge in [0.1, 0.15) is 5.01 Å². The average Bonchev–Trinajstić information content (AvgIpc) is 3.13. The molecule has 0 radical (unpaired) electrons. The third kappa shape index (κ3) is 2.92. The third-order valence-corrected chi connectivity index (χ3v) is 5.52. The van der Waals surface area contributed by atoms with Crippen LogP contribution in [0.5, 0.6) is 0 Å². The molecule has 0 spiro atoms. The second-order valence-electron chi connectivity index (χ2n) is 4.91. The van der Waals surface area contributed by atoms with Gasteiger partial charge >= 0.3 is 0 Å². The summed E-state index contributed by atoms with van der Waals surface area (Å²) >= 11 is 3.41. The zero-order valence-electron chi connectivity index (χ0n) is 11.3. The van der Waals surface area contributed by atoms with Crippen molar-refractivity contribution >= 4 is 28.6 Å². The van der Waals surface area contributed by atoms with Crippen molar-refractivity contribution in [2.24, 2.45) is 0 Å². The van der Waals surface area contributed by atoms with E-state index in [1.807, 2.05) is 17.2 Å². The quantitative estimate of drug-likeness (QED) is 0.943. The molecule has 0 saturated heterocycles. The largest absolute Gasteiger partial charge is 0.337 e. The van der Waals surface area contributed by atoms with E-state index in [1.54, 1.807) is 28.9 Å². The van der Waals surface area contributed by atoms with Crippen LogP contribution in [0.2, 0.25) is 0 Å². The number of nitrogens with one attached hydrogen (secondary N) is 1. The van der Waals surface area contributed by atoms with Gasteiger partial charge in [0.2, 0.25) is 5.91 Å². The number of amides is 1. The maximum atomic E-state index is 12.3. The molecule has 0 saturated carbocycles. The fraction of sp³-hybridized carbons (Fsp3) is 0.429. The zero-order valence-corrected chi connectivity index (χ0v) is 13.0. The smallest absolute Gasteiger partial charge is 0.236 e. The molecule has 4 nitrogen and oxygen atoms in total. The van der Waals surface area contributed by atoms with Crippen molar-refractivity contribution in [3.05, 3.63) is 38.5 Å². The molecule has 1 aliphatic rings. The highest BCUT2D eigenvalue weighted by atomic mass is 32.1. The molecule has 1 unspecified atom stereocenters. The van der Waals surface area contributed by atoms with Crippen LogP contribution in [0.15, 0.2) is 23.0 Å². The number of nitrogens with zero attached hydrogens (tertiary/aromatic N) is 2. The van der Waals surface area contributed by atoms with Gasteiger partial charge in [-0.25, -0.2) is 4.98 Å². The maximum Gasteiger partial charge on any atom is 0.236 e. The molecule has 6 heteroatoms. The van der Waals surface area contributed by atoms with Gasteiger partial charge in [0, 0.05) is 29.5 Å². The monoisotopic (exact) mass is 307 g/mol. The van der Waals surface area contributed by atoms with Crippen molar-refractivity contribution in [1.29, 1.82) is 0 Å². The van der Waals surface area contributed by atoms with E-state index in [4.69, 9.17) is 0 Å². The van der Waals surface area contributed by atoms with Gasteiger partial charge < -0.3 is 4.90 Å². The lowest BCUT2D eigenvalue weighted by molar-refractivity contribution is -0.131. The van der Waals surface area contributed by atoms with E-state index in [-0.39, 0.29) is 11.9 Å². The number of carbonyl (C=O) groups is 1. The minimum Gasteiger partial charge on any atom is -0.337 e. The van der Waals surface area contributed by atoms with E-state index in [1.165, 1.54) is 10.4 Å². The lowest BCUT2D eigenvalue weighted by Gasteiger charge is -2.27. The molecule has 0 fully saturated rings. The Morgan fingerprint density at radius 1 is 1.50 bits per heavy atom. The predicted molar refractivity (Wildman–Crippen MR) is 82.0 cm³/mol. The van der Waals surface area contributed by atoms with Crippen LogP contribution in [0.4, 0.5) is 0 Å². The van der Waals surface area contributed by atoms with Crippen LogP contribution in [-0.4, -0.2) is 28.9 Å². The van der Waals surface area contributed by atoms with Gasteiger partial charge in [-0.15, -0.1) is 22.7 Å². The highest BCUT2D eigenvalue weighted by Gasteiger charge is 2.21. The average molecular weight is 307 g/mol. The topological polar surface area (TPSA) is 45.2 Å². The summed E-state index contributed by atoms with van der Waals surface area (Å²) in [5.41, 5.74) is 1.31. The van der Waals surface area contributed by atoms with Gasteiger partial charge in [-0.3, -0.25) is 10.1 Å². The number of aromatic nitrogens is 1. The number of carbonyl (C=O) groups excluding carboxylic acids is 1. The molecule has 0 aliphatic carbocycles. The Morgan fingerprint density at radius 2 is 2.40 bits per heavy atom. The summed E-state index contributed by atoms with van der Waals surface area (Å²) in [6, 6.07) is 2.26. The van der Waals surface area contributed by atoms with Gasteiger partial charge in [-0.05, 0) is 30.4 Å². The Labute approximate surface area is 126 Å². The van der Waals surface area contributed by atoms with Crippen LogP contribution >= 0.6 is 22.7 Å². The Kier molecular flexibility index (Phi) is 4.14. The minimum absolute atomic E-state index is 0.125. The molecule has 3 rings (SSSR count). The van der Waals surface area contributed by atoms with Gasteiger partial charge in [0.25, 0.3) is 0 Å². The maximum absolute atomic E-state index is 12.3. The third-order valence-electron chi connectivity index (χ3n) is 3.54. The summed E-state index contributed by atoms with van der Waals surface area (Å²) in [5, 5.41) is 8.35. The molecular weight excluding hydrogens is 290 g/mol. The van der Waals surface area contributed by atoms with Crippen LogP contribution in [0.3, 0.4) is 0 Å². The molecule has 1 aliphatic heterocycles. The Morgan fingerprint density at radius 3 is 3.20 bits per heavy atom. The Balaban J connectivity index is 1.53. The molecule has 2 aromatic heterocycles. The Hall–Kier alpha value is -1.24. The van der Waals surface area contributed by atoms with Crippen molar-refractivity contribution in [1.82, 2.24) is 15.2 Å². The van der Waals surface area contributed by atoms with Crippen molar-refractivity contribution in [2.75, 3.05) is 13.1 Å². The summed E-state index contributed by atoms with van der Waals surface area (Å²) in [4.78, 5) is 19.9. The number of hydrogen-bond acceptors (Lipinski definition) is 5. The van der Waals surface area contributed by atoms with Crippen LogP contribution < -0.4 is 5.32 Å². The van der Waals surface area contributed by atoms with Crippen molar-refractivity contribution < 1.29 is 4.79 Å². The summed E-state index contributed by atoms with van der Waals surface area (Å²) < 4.78 is 0. The van der Waals surface area contributed by atoms with E-state index >= 15 is 0 Å². The molecule has 1 N–H and O–H groups in total. The molecule has 2 aromatic rings. The lowest BCUT2D eigenvalue weighted by Crippen LogP contribution is -2.41. The molecule has 1 amide bonds. The first-order valence-electron chi connectivity index (χ1n) is 6.70. The zero-order chi connectivity index (χ0) is 13.9. The predicted octanol–water partition coefficient (Wildman–Crippen LogP) is 2.44. The van der Waals surface area contributed by atoms with Gasteiger partial charge in [0.05, 0.1) is 12.6 Å². The van der Waals surface area contributed by atoms with Crippen LogP contribution in [-0.2, 0) is 17.8 Å². The van der Waals surface area contributed by atoms with E-state index in [0.29, 0.717) is 6.54 Å². The lowest BCUT2D eigenvalue weighted by atomic mass is 10.1. The second-order valence-corrected chi connectivity index (χ2v) is 6.83. The number of hydrogen-bond donors (Lipinski definition) is 1. The summed E-state index contributed by atoms with van der Waals surface area (Å²) in [5.74, 6) is 0.172. The molecule has 20 heavy (non-hydrogen) atoms. The Bertz CT molecular complexity index is 579. The second kappa shape index (κ2) is 6.03. The van der Waals surface area contributed by atoms with E-state index < -0.39 is 0 Å². The minimum atomic E-state index is 0.125. The highest BCUT2D eigenvalue weighted by molar-refractivity contribution is 7.10. The van der Waals surface area contributed by atoms with Crippen LogP contribution in [0, 0.1) is 0 Å². The van der Waals surface area contributed by atoms with E-state index in [0.717, 1.165) is 24.5 Å². The number of thiazole rings is 1. The molecule has 1 atom stereocenters. The first kappa shape index (κ1) is 13.7. The number of thiophene rings is 1. The van der Waals surface area contributed by atoms with Crippen LogP contribution in [0.1, 0.15) is 28.4 Å². The fourth-order valence-electron chi connectivity index (χ4n) is 2.35. The first-order chi connectivity index (χ1) is 9.74. The molecule has 0 bridgehead atoms. The van der Waals surface area contributed by atoms with Gasteiger partial charge in [-0.1, -0.05) is 0 Å². The standard InChI is InChI=1S/C14H17N3OS2/c1-10(14-15-4-7-20-14)16-8-13(18)17-5-2-12-11(9-17)3-6-19-12/h3-4,6-7,10,16H,2,5,8-9H2,1H3. The molecule has 3 heterocycles. The normalized spacial score (nSPS) is 15.9. The molecular formula is C14H17N3OS2. The van der Waals surface area contributed by atoms with E-state index in [9.17, 15) is 4.79 Å². The van der Waals surface area contributed by atoms with Gasteiger partial charge in [-0.2, -0.15) is 0 Å². The number of rotatable bonds is 4. The van der Waals surface area contributed by atoms with Crippen LogP contribution in [0.25, 0.3) is 0 Å². The van der Waals surface area contributed by atoms with E-state index in [2.05, 4.69) is 21.7 Å². The summed E-state index contributed by atoms with van der Waals surface area (Å²) in [6.45, 7) is 4.00. The summed E-state index contributed by atoms with van der Waals surface area (Å²) in [6.07, 6.45) is 2.78. The van der Waals surface area contributed by atoms with Crippen molar-refractivity contribution in [3.63, 3.8) is 0 Å².